The normalized spacial score (nSPS) is 20.6. The highest BCUT2D eigenvalue weighted by Gasteiger charge is 2.46. The van der Waals surface area contributed by atoms with Crippen LogP contribution in [0.2, 0.25) is 0 Å². The maximum Gasteiger partial charge on any atom is 0.411 e. The van der Waals surface area contributed by atoms with Gasteiger partial charge in [0.25, 0.3) is 0 Å². The lowest BCUT2D eigenvalue weighted by atomic mass is 10.1. The minimum atomic E-state index is -1.40. The standard InChI is InChI=1S/C22H26F3N5O3/c1-12-15(24)6-18(30(12)21(32)33-22(2,3)4)20(31)29-8-13-5-17(26-11-16(13)25)14-9-27-19(7-23)28-10-14/h5,9-12,15,18H,6-8H2,1-4H3,(H,29,31)/t12-,15+,18-/m0/s1. The summed E-state index contributed by atoms with van der Waals surface area (Å²) < 4.78 is 46.6. The van der Waals surface area contributed by atoms with Gasteiger partial charge in [-0.05, 0) is 33.8 Å². The van der Waals surface area contributed by atoms with Crippen molar-refractivity contribution in [3.05, 3.63) is 41.9 Å². The van der Waals surface area contributed by atoms with E-state index < -0.39 is 48.3 Å². The van der Waals surface area contributed by atoms with Crippen molar-refractivity contribution in [2.75, 3.05) is 0 Å². The lowest BCUT2D eigenvalue weighted by Crippen LogP contribution is -2.50. The van der Waals surface area contributed by atoms with Crippen LogP contribution in [0.15, 0.2) is 24.7 Å². The van der Waals surface area contributed by atoms with Crippen molar-refractivity contribution in [2.24, 2.45) is 0 Å². The summed E-state index contributed by atoms with van der Waals surface area (Å²) in [4.78, 5) is 38.1. The average Bonchev–Trinajstić information content (AvgIpc) is 3.06. The van der Waals surface area contributed by atoms with Crippen molar-refractivity contribution in [3.8, 4) is 11.3 Å². The third kappa shape index (κ3) is 5.77. The molecule has 0 unspecified atom stereocenters. The molecule has 0 saturated carbocycles. The van der Waals surface area contributed by atoms with Gasteiger partial charge in [0, 0.05) is 36.5 Å². The van der Waals surface area contributed by atoms with Gasteiger partial charge in [-0.2, -0.15) is 0 Å². The molecule has 178 valence electrons. The third-order valence-corrected chi connectivity index (χ3v) is 5.16. The number of alkyl halides is 2. The van der Waals surface area contributed by atoms with Gasteiger partial charge in [-0.1, -0.05) is 0 Å². The summed E-state index contributed by atoms with van der Waals surface area (Å²) in [5.74, 6) is -1.27. The molecule has 1 aliphatic rings. The summed E-state index contributed by atoms with van der Waals surface area (Å²) in [6.45, 7) is 5.50. The molecule has 0 radical (unpaired) electrons. The van der Waals surface area contributed by atoms with Crippen LogP contribution in [0.25, 0.3) is 11.3 Å². The monoisotopic (exact) mass is 465 g/mol. The highest BCUT2D eigenvalue weighted by Crippen LogP contribution is 2.29. The molecule has 2 aromatic heterocycles. The van der Waals surface area contributed by atoms with E-state index in [4.69, 9.17) is 4.74 Å². The van der Waals surface area contributed by atoms with Crippen molar-refractivity contribution < 1.29 is 27.5 Å². The van der Waals surface area contributed by atoms with E-state index in [-0.39, 0.29) is 24.4 Å². The predicted octanol–water partition coefficient (Wildman–Crippen LogP) is 3.50. The Bertz CT molecular complexity index is 1010. The molecule has 0 spiro atoms. The number of ether oxygens (including phenoxy) is 1. The number of hydrogen-bond donors (Lipinski definition) is 1. The number of halogens is 3. The Morgan fingerprint density at radius 2 is 1.88 bits per heavy atom. The Morgan fingerprint density at radius 1 is 1.21 bits per heavy atom. The van der Waals surface area contributed by atoms with E-state index >= 15 is 0 Å². The molecule has 11 heteroatoms. The van der Waals surface area contributed by atoms with Gasteiger partial charge in [0.05, 0.1) is 17.9 Å². The summed E-state index contributed by atoms with van der Waals surface area (Å²) in [5, 5.41) is 2.56. The molecule has 1 N–H and O–H groups in total. The van der Waals surface area contributed by atoms with Crippen LogP contribution < -0.4 is 5.32 Å². The Balaban J connectivity index is 1.73. The summed E-state index contributed by atoms with van der Waals surface area (Å²) in [6.07, 6.45) is 1.35. The van der Waals surface area contributed by atoms with Crippen LogP contribution in [0.1, 0.15) is 45.5 Å². The van der Waals surface area contributed by atoms with Crippen molar-refractivity contribution in [2.45, 2.75) is 71.2 Å². The van der Waals surface area contributed by atoms with Gasteiger partial charge in [0.15, 0.2) is 5.82 Å². The van der Waals surface area contributed by atoms with Gasteiger partial charge < -0.3 is 10.1 Å². The molecule has 3 heterocycles. The largest absolute Gasteiger partial charge is 0.444 e. The van der Waals surface area contributed by atoms with Crippen molar-refractivity contribution in [3.63, 3.8) is 0 Å². The summed E-state index contributed by atoms with van der Waals surface area (Å²) in [7, 11) is 0. The Hall–Kier alpha value is -3.24. The molecule has 0 aliphatic carbocycles. The van der Waals surface area contributed by atoms with E-state index in [9.17, 15) is 22.8 Å². The SMILES string of the molecule is C[C@H]1[C@H](F)C[C@@H](C(=O)NCc2cc(-c3cnc(CF)nc3)ncc2F)N1C(=O)OC(C)(C)C. The number of nitrogens with zero attached hydrogens (tertiary/aromatic N) is 4. The second-order valence-corrected chi connectivity index (χ2v) is 8.80. The highest BCUT2D eigenvalue weighted by atomic mass is 19.1. The highest BCUT2D eigenvalue weighted by molar-refractivity contribution is 5.86. The maximum absolute atomic E-state index is 14.4. The molecule has 1 aliphatic heterocycles. The maximum atomic E-state index is 14.4. The lowest BCUT2D eigenvalue weighted by Gasteiger charge is -2.30. The Labute approximate surface area is 189 Å². The second-order valence-electron chi connectivity index (χ2n) is 8.80. The van der Waals surface area contributed by atoms with E-state index in [0.717, 1.165) is 11.1 Å². The Kier molecular flexibility index (Phi) is 7.19. The second kappa shape index (κ2) is 9.72. The van der Waals surface area contributed by atoms with Crippen LogP contribution >= 0.6 is 0 Å². The van der Waals surface area contributed by atoms with Crippen molar-refractivity contribution in [1.82, 2.24) is 25.2 Å². The molecule has 0 bridgehead atoms. The first-order chi connectivity index (χ1) is 15.5. The summed E-state index contributed by atoms with van der Waals surface area (Å²) in [6, 6.07) is -0.521. The van der Waals surface area contributed by atoms with E-state index in [1.807, 2.05) is 0 Å². The first-order valence-corrected chi connectivity index (χ1v) is 10.4. The van der Waals surface area contributed by atoms with Crippen molar-refractivity contribution >= 4 is 12.0 Å². The number of pyridine rings is 1. The van der Waals surface area contributed by atoms with Gasteiger partial charge >= 0.3 is 6.09 Å². The number of amides is 2. The average molecular weight is 465 g/mol. The van der Waals surface area contributed by atoms with Crippen LogP contribution in [-0.4, -0.2) is 55.7 Å². The fourth-order valence-electron chi connectivity index (χ4n) is 3.45. The van der Waals surface area contributed by atoms with Crippen molar-refractivity contribution in [1.29, 1.82) is 0 Å². The number of hydrogen-bond acceptors (Lipinski definition) is 6. The van der Waals surface area contributed by atoms with Crippen LogP contribution in [-0.2, 0) is 22.8 Å². The van der Waals surface area contributed by atoms with Crippen LogP contribution in [0, 0.1) is 5.82 Å². The van der Waals surface area contributed by atoms with Crippen LogP contribution in [0.3, 0.4) is 0 Å². The molecule has 1 fully saturated rings. The zero-order chi connectivity index (χ0) is 24.3. The molecule has 2 amide bonds. The molecule has 1 saturated heterocycles. The molecule has 2 aromatic rings. The van der Waals surface area contributed by atoms with Gasteiger partial charge in [0.2, 0.25) is 5.91 Å². The first-order valence-electron chi connectivity index (χ1n) is 10.4. The van der Waals surface area contributed by atoms with E-state index in [1.54, 1.807) is 20.8 Å². The van der Waals surface area contributed by atoms with Gasteiger partial charge in [-0.15, -0.1) is 0 Å². The molecular formula is C22H26F3N5O3. The van der Waals surface area contributed by atoms with E-state index in [0.29, 0.717) is 11.3 Å². The third-order valence-electron chi connectivity index (χ3n) is 5.16. The number of aromatic nitrogens is 3. The number of carbonyl (C=O) groups excluding carboxylic acids is 2. The molecule has 3 atom stereocenters. The number of likely N-dealkylation sites (tertiary alicyclic amines) is 1. The fraction of sp³-hybridized carbons (Fsp3) is 0.500. The number of nitrogens with one attached hydrogen (secondary N) is 1. The lowest BCUT2D eigenvalue weighted by molar-refractivity contribution is -0.126. The van der Waals surface area contributed by atoms with Crippen LogP contribution in [0.5, 0.6) is 0 Å². The fourth-order valence-corrected chi connectivity index (χ4v) is 3.45. The first kappa shape index (κ1) is 24.4. The summed E-state index contributed by atoms with van der Waals surface area (Å²) in [5.41, 5.74) is 0.0876. The molecule has 3 rings (SSSR count). The molecule has 0 aromatic carbocycles. The van der Waals surface area contributed by atoms with Crippen LogP contribution in [0.4, 0.5) is 18.0 Å². The van der Waals surface area contributed by atoms with E-state index in [2.05, 4.69) is 20.3 Å². The minimum Gasteiger partial charge on any atom is -0.444 e. The minimum absolute atomic E-state index is 0.0137. The number of rotatable bonds is 5. The van der Waals surface area contributed by atoms with Gasteiger partial charge in [-0.25, -0.2) is 27.9 Å². The molecule has 33 heavy (non-hydrogen) atoms. The zero-order valence-electron chi connectivity index (χ0n) is 18.8. The van der Waals surface area contributed by atoms with E-state index in [1.165, 1.54) is 25.4 Å². The Morgan fingerprint density at radius 3 is 2.48 bits per heavy atom. The predicted molar refractivity (Wildman–Crippen MR) is 113 cm³/mol. The van der Waals surface area contributed by atoms with Gasteiger partial charge in [0.1, 0.15) is 30.3 Å². The smallest absolute Gasteiger partial charge is 0.411 e. The zero-order valence-corrected chi connectivity index (χ0v) is 18.8. The molecule has 8 nitrogen and oxygen atoms in total. The number of carbonyl (C=O) groups is 2. The quantitative estimate of drug-likeness (QED) is 0.726. The topological polar surface area (TPSA) is 97.3 Å². The summed E-state index contributed by atoms with van der Waals surface area (Å²) >= 11 is 0. The van der Waals surface area contributed by atoms with Gasteiger partial charge in [-0.3, -0.25) is 14.7 Å². The molecular weight excluding hydrogens is 439 g/mol.